The van der Waals surface area contributed by atoms with Crippen LogP contribution >= 0.6 is 0 Å². The normalized spacial score (nSPS) is 12.2. The van der Waals surface area contributed by atoms with Crippen LogP contribution in [-0.4, -0.2) is 14.1 Å². The number of para-hydroxylation sites is 3. The lowest BCUT2D eigenvalue weighted by Crippen LogP contribution is -1.95. The molecule has 0 amide bonds. The van der Waals surface area contributed by atoms with Crippen molar-refractivity contribution in [2.45, 2.75) is 0 Å². The van der Waals surface area contributed by atoms with Crippen LogP contribution in [0.1, 0.15) is 0 Å². The Kier molecular flexibility index (Phi) is 6.83. The predicted octanol–water partition coefficient (Wildman–Crippen LogP) is 15.7. The van der Waals surface area contributed by atoms with Gasteiger partial charge in [0.15, 0.2) is 0 Å². The number of nitrogens with zero attached hydrogens (tertiary/aromatic N) is 3. The minimum atomic E-state index is 0.985. The van der Waals surface area contributed by atoms with E-state index in [9.17, 15) is 0 Å². The molecule has 0 bridgehead atoms. The van der Waals surface area contributed by atoms with Crippen LogP contribution in [0.25, 0.3) is 132 Å². The van der Waals surface area contributed by atoms with E-state index in [4.69, 9.17) is 4.98 Å². The number of rotatable bonds is 4. The molecule has 3 heterocycles. The quantitative estimate of drug-likeness (QED) is 0.174. The minimum absolute atomic E-state index is 0.985. The molecule has 1 aliphatic carbocycles. The molecule has 0 spiro atoms. The van der Waals surface area contributed by atoms with Crippen molar-refractivity contribution in [1.82, 2.24) is 14.1 Å². The highest BCUT2D eigenvalue weighted by Crippen LogP contribution is 2.47. The van der Waals surface area contributed by atoms with Crippen molar-refractivity contribution in [3.05, 3.63) is 212 Å². The van der Waals surface area contributed by atoms with E-state index in [2.05, 4.69) is 221 Å². The molecule has 0 fully saturated rings. The monoisotopic (exact) mass is 785 g/mol. The van der Waals surface area contributed by atoms with E-state index >= 15 is 0 Å². The van der Waals surface area contributed by atoms with E-state index in [1.54, 1.807) is 0 Å². The molecule has 3 aromatic heterocycles. The fraction of sp³-hybridized carbons (Fsp3) is 0. The zero-order valence-electron chi connectivity index (χ0n) is 33.5. The van der Waals surface area contributed by atoms with E-state index in [-0.39, 0.29) is 0 Å². The Balaban J connectivity index is 0.887. The Morgan fingerprint density at radius 2 is 0.968 bits per heavy atom. The van der Waals surface area contributed by atoms with Gasteiger partial charge in [-0.1, -0.05) is 140 Å². The lowest BCUT2D eigenvalue weighted by Gasteiger charge is -2.12. The summed E-state index contributed by atoms with van der Waals surface area (Å²) in [6.07, 6.45) is 0. The predicted molar refractivity (Wildman–Crippen MR) is 261 cm³/mol. The maximum atomic E-state index is 5.35. The molecule has 0 unspecified atom stereocenters. The van der Waals surface area contributed by atoms with Gasteiger partial charge in [-0.15, -0.1) is 0 Å². The SMILES string of the molecule is c1ccc(-n2c3ccccc3c3c4ccc(-c5ccc6cc7c(cc6c5)c5ccccc5n7-c5cccc(-c6cc7cccc8c7c(n6)-c6ccccc6-8)c5)cc4ccc32)cc1. The third-order valence-corrected chi connectivity index (χ3v) is 13.4. The second-order valence-electron chi connectivity index (χ2n) is 16.7. The van der Waals surface area contributed by atoms with Crippen LogP contribution in [0, 0.1) is 0 Å². The highest BCUT2D eigenvalue weighted by molar-refractivity contribution is 6.22. The molecule has 1 aliphatic rings. The Labute approximate surface area is 357 Å². The molecule has 13 aromatic rings. The first-order chi connectivity index (χ1) is 30.7. The van der Waals surface area contributed by atoms with Gasteiger partial charge in [0.25, 0.3) is 0 Å². The van der Waals surface area contributed by atoms with Gasteiger partial charge in [0.2, 0.25) is 0 Å². The lowest BCUT2D eigenvalue weighted by molar-refractivity contribution is 1.18. The summed E-state index contributed by atoms with van der Waals surface area (Å²) in [7, 11) is 0. The summed E-state index contributed by atoms with van der Waals surface area (Å²) in [4.78, 5) is 5.35. The van der Waals surface area contributed by atoms with Crippen molar-refractivity contribution in [3.63, 3.8) is 0 Å². The van der Waals surface area contributed by atoms with Gasteiger partial charge in [-0.25, -0.2) is 4.98 Å². The second-order valence-corrected chi connectivity index (χ2v) is 16.7. The van der Waals surface area contributed by atoms with Gasteiger partial charge >= 0.3 is 0 Å². The molecule has 3 nitrogen and oxygen atoms in total. The topological polar surface area (TPSA) is 22.8 Å². The summed E-state index contributed by atoms with van der Waals surface area (Å²) < 4.78 is 4.81. The van der Waals surface area contributed by atoms with Crippen molar-refractivity contribution >= 4 is 75.9 Å². The molecule has 14 rings (SSSR count). The fourth-order valence-electron chi connectivity index (χ4n) is 10.6. The Hall–Kier alpha value is -8.27. The first kappa shape index (κ1) is 33.5. The molecule has 0 N–H and O–H groups in total. The van der Waals surface area contributed by atoms with Crippen LogP contribution in [-0.2, 0) is 0 Å². The van der Waals surface area contributed by atoms with Gasteiger partial charge in [-0.3, -0.25) is 0 Å². The number of aromatic nitrogens is 3. The maximum absolute atomic E-state index is 5.35. The van der Waals surface area contributed by atoms with Gasteiger partial charge in [0.05, 0.1) is 33.5 Å². The van der Waals surface area contributed by atoms with Crippen LogP contribution in [0.3, 0.4) is 0 Å². The highest BCUT2D eigenvalue weighted by Gasteiger charge is 2.24. The summed E-state index contributed by atoms with van der Waals surface area (Å²) in [5.74, 6) is 0. The average molecular weight is 786 g/mol. The molecule has 286 valence electrons. The Morgan fingerprint density at radius 3 is 1.85 bits per heavy atom. The number of benzene rings is 10. The van der Waals surface area contributed by atoms with E-state index in [1.807, 2.05) is 0 Å². The third kappa shape index (κ3) is 4.73. The average Bonchev–Trinajstić information content (AvgIpc) is 3.97. The maximum Gasteiger partial charge on any atom is 0.0800 e. The molecular formula is C59H35N3. The van der Waals surface area contributed by atoms with Gasteiger partial charge < -0.3 is 9.13 Å². The molecular weight excluding hydrogens is 751 g/mol. The smallest absolute Gasteiger partial charge is 0.0800 e. The van der Waals surface area contributed by atoms with E-state index in [0.29, 0.717) is 0 Å². The first-order valence-electron chi connectivity index (χ1n) is 21.4. The van der Waals surface area contributed by atoms with Crippen LogP contribution in [0.5, 0.6) is 0 Å². The van der Waals surface area contributed by atoms with Gasteiger partial charge in [-0.05, 0) is 122 Å². The molecule has 0 atom stereocenters. The summed E-state index contributed by atoms with van der Waals surface area (Å²) in [5.41, 5.74) is 16.4. The number of fused-ring (bicyclic) bond motifs is 12. The van der Waals surface area contributed by atoms with E-state index in [1.165, 1.54) is 109 Å². The van der Waals surface area contributed by atoms with Crippen molar-refractivity contribution in [2.75, 3.05) is 0 Å². The van der Waals surface area contributed by atoms with Crippen LogP contribution < -0.4 is 0 Å². The van der Waals surface area contributed by atoms with Gasteiger partial charge in [-0.2, -0.15) is 0 Å². The minimum Gasteiger partial charge on any atom is -0.309 e. The zero-order chi connectivity index (χ0) is 40.5. The first-order valence-corrected chi connectivity index (χ1v) is 21.4. The summed E-state index contributed by atoms with van der Waals surface area (Å²) in [6.45, 7) is 0. The van der Waals surface area contributed by atoms with Crippen LogP contribution in [0.4, 0.5) is 0 Å². The molecule has 3 heteroatoms. The molecule has 0 saturated heterocycles. The molecule has 0 aliphatic heterocycles. The van der Waals surface area contributed by atoms with Gasteiger partial charge in [0.1, 0.15) is 0 Å². The van der Waals surface area contributed by atoms with Gasteiger partial charge in [0, 0.05) is 49.4 Å². The molecule has 62 heavy (non-hydrogen) atoms. The second kappa shape index (κ2) is 12.6. The van der Waals surface area contributed by atoms with E-state index < -0.39 is 0 Å². The largest absolute Gasteiger partial charge is 0.309 e. The highest BCUT2D eigenvalue weighted by atomic mass is 15.0. The van der Waals surface area contributed by atoms with Crippen LogP contribution in [0.15, 0.2) is 212 Å². The van der Waals surface area contributed by atoms with Crippen molar-refractivity contribution < 1.29 is 0 Å². The molecule has 0 radical (unpaired) electrons. The zero-order valence-corrected chi connectivity index (χ0v) is 33.5. The Morgan fingerprint density at radius 1 is 0.290 bits per heavy atom. The number of hydrogen-bond acceptors (Lipinski definition) is 1. The molecule has 10 aromatic carbocycles. The Bertz CT molecular complexity index is 4040. The van der Waals surface area contributed by atoms with E-state index in [0.717, 1.165) is 22.6 Å². The molecule has 0 saturated carbocycles. The number of hydrogen-bond donors (Lipinski definition) is 0. The summed E-state index contributed by atoms with van der Waals surface area (Å²) >= 11 is 0. The standard InChI is InChI=1S/C59H35N3/c1-2-14-43(15-3-1)61-54-23-9-7-20-50(54)58-45-28-26-37(30-39(45)27-29-55(58)61)36-24-25-38-35-56-51(33-42(38)31-36)47-18-6-8-22-53(47)62(56)44-16-10-12-40(32-44)52-34-41-13-11-21-48-46-17-4-5-19-49(46)59(60-52)57(41)48/h1-35H. The van der Waals surface area contributed by atoms with Crippen molar-refractivity contribution in [2.24, 2.45) is 0 Å². The van der Waals surface area contributed by atoms with Crippen molar-refractivity contribution in [1.29, 1.82) is 0 Å². The number of pyridine rings is 1. The fourth-order valence-corrected chi connectivity index (χ4v) is 10.6. The lowest BCUT2D eigenvalue weighted by atomic mass is 9.96. The summed E-state index contributed by atoms with van der Waals surface area (Å²) in [5, 5.41) is 12.5. The summed E-state index contributed by atoms with van der Waals surface area (Å²) in [6, 6.07) is 77.9. The third-order valence-electron chi connectivity index (χ3n) is 13.4. The van der Waals surface area contributed by atoms with Crippen molar-refractivity contribution in [3.8, 4) is 56.1 Å². The van der Waals surface area contributed by atoms with Crippen LogP contribution in [0.2, 0.25) is 0 Å².